The number of piperazine rings is 1. The van der Waals surface area contributed by atoms with Gasteiger partial charge in [0.05, 0.1) is 0 Å². The molecule has 156 valence electrons. The summed E-state index contributed by atoms with van der Waals surface area (Å²) in [6, 6.07) is 10.3. The maximum Gasteiger partial charge on any atom is 0.252 e. The number of rotatable bonds is 4. The molecule has 2 fully saturated rings. The highest BCUT2D eigenvalue weighted by atomic mass is 16.1. The van der Waals surface area contributed by atoms with E-state index in [1.807, 2.05) is 17.7 Å². The molecule has 0 radical (unpaired) electrons. The minimum Gasteiger partial charge on any atom is -0.369 e. The third-order valence-electron chi connectivity index (χ3n) is 6.29. The number of aromatic nitrogens is 3. The molecule has 2 N–H and O–H groups in total. The highest BCUT2D eigenvalue weighted by Gasteiger charge is 2.21. The number of pyridine rings is 1. The number of hydrogen-bond donors (Lipinski definition) is 2. The van der Waals surface area contributed by atoms with Crippen molar-refractivity contribution in [1.29, 1.82) is 0 Å². The van der Waals surface area contributed by atoms with Gasteiger partial charge < -0.3 is 15.5 Å². The summed E-state index contributed by atoms with van der Waals surface area (Å²) in [5, 5.41) is 7.64. The molecule has 0 atom stereocenters. The Labute approximate surface area is 176 Å². The average molecular weight is 405 g/mol. The first kappa shape index (κ1) is 19.1. The summed E-state index contributed by atoms with van der Waals surface area (Å²) in [4.78, 5) is 24.4. The summed E-state index contributed by atoms with van der Waals surface area (Å²) in [6.45, 7) is 6.05. The third-order valence-corrected chi connectivity index (χ3v) is 6.29. The van der Waals surface area contributed by atoms with Crippen LogP contribution < -0.4 is 21.1 Å². The molecule has 1 aliphatic carbocycles. The summed E-state index contributed by atoms with van der Waals surface area (Å²) in [5.41, 5.74) is 3.87. The highest BCUT2D eigenvalue weighted by Crippen LogP contribution is 2.31. The molecule has 0 amide bonds. The maximum absolute atomic E-state index is 12.8. The van der Waals surface area contributed by atoms with E-state index in [4.69, 9.17) is 4.98 Å². The van der Waals surface area contributed by atoms with Gasteiger partial charge in [-0.1, -0.05) is 12.8 Å². The molecule has 3 heterocycles. The molecule has 0 unspecified atom stereocenters. The number of nitrogens with one attached hydrogen (secondary N) is 2. The van der Waals surface area contributed by atoms with Gasteiger partial charge in [0.15, 0.2) is 0 Å². The second-order valence-electron chi connectivity index (χ2n) is 8.31. The Morgan fingerprint density at radius 1 is 1.10 bits per heavy atom. The van der Waals surface area contributed by atoms with Crippen LogP contribution in [0.2, 0.25) is 0 Å². The highest BCUT2D eigenvalue weighted by molar-refractivity contribution is 5.79. The molecular weight excluding hydrogens is 376 g/mol. The Bertz CT molecular complexity index is 1100. The van der Waals surface area contributed by atoms with Crippen molar-refractivity contribution in [2.24, 2.45) is 0 Å². The lowest BCUT2D eigenvalue weighted by Crippen LogP contribution is -2.43. The van der Waals surface area contributed by atoms with Crippen LogP contribution in [-0.2, 0) is 0 Å². The number of aryl methyl sites for hydroxylation is 1. The smallest absolute Gasteiger partial charge is 0.252 e. The number of fused-ring (bicyclic) bond motifs is 1. The molecule has 3 aromatic rings. The summed E-state index contributed by atoms with van der Waals surface area (Å²) in [7, 11) is 0. The van der Waals surface area contributed by atoms with Gasteiger partial charge in [-0.05, 0) is 49.6 Å². The molecule has 1 saturated heterocycles. The first-order valence-corrected chi connectivity index (χ1v) is 10.9. The molecule has 1 saturated carbocycles. The van der Waals surface area contributed by atoms with Gasteiger partial charge in [-0.3, -0.25) is 9.36 Å². The van der Waals surface area contributed by atoms with Crippen molar-refractivity contribution in [3.8, 4) is 0 Å². The van der Waals surface area contributed by atoms with Crippen LogP contribution in [0.3, 0.4) is 0 Å². The van der Waals surface area contributed by atoms with Crippen molar-refractivity contribution in [3.63, 3.8) is 0 Å². The fourth-order valence-electron chi connectivity index (χ4n) is 4.65. The summed E-state index contributed by atoms with van der Waals surface area (Å²) >= 11 is 0. The lowest BCUT2D eigenvalue weighted by atomic mass is 10.1. The Balaban J connectivity index is 1.44. The molecule has 7 nitrogen and oxygen atoms in total. The fraction of sp³-hybridized carbons (Fsp3) is 0.435. The topological polar surface area (TPSA) is 75.1 Å². The van der Waals surface area contributed by atoms with Crippen LogP contribution in [0.1, 0.15) is 37.3 Å². The van der Waals surface area contributed by atoms with Gasteiger partial charge in [0, 0.05) is 61.2 Å². The zero-order valence-corrected chi connectivity index (χ0v) is 17.4. The van der Waals surface area contributed by atoms with Crippen molar-refractivity contribution in [2.75, 3.05) is 36.4 Å². The largest absolute Gasteiger partial charge is 0.369 e. The van der Waals surface area contributed by atoms with E-state index in [-0.39, 0.29) is 11.6 Å². The van der Waals surface area contributed by atoms with Gasteiger partial charge in [0.25, 0.3) is 5.56 Å². The van der Waals surface area contributed by atoms with Crippen LogP contribution in [0, 0.1) is 6.92 Å². The number of hydrogen-bond acceptors (Lipinski definition) is 6. The first-order chi connectivity index (χ1) is 14.7. The van der Waals surface area contributed by atoms with E-state index in [0.29, 0.717) is 5.95 Å². The lowest BCUT2D eigenvalue weighted by molar-refractivity contribution is 0.515. The Morgan fingerprint density at radius 3 is 2.57 bits per heavy atom. The van der Waals surface area contributed by atoms with Crippen LogP contribution >= 0.6 is 0 Å². The van der Waals surface area contributed by atoms with Crippen molar-refractivity contribution in [2.45, 2.75) is 38.6 Å². The number of nitrogens with zero attached hydrogens (tertiary/aromatic N) is 4. The van der Waals surface area contributed by atoms with Gasteiger partial charge >= 0.3 is 0 Å². The molecule has 0 bridgehead atoms. The second-order valence-corrected chi connectivity index (χ2v) is 8.31. The van der Waals surface area contributed by atoms with Crippen LogP contribution in [-0.4, -0.2) is 40.7 Å². The maximum atomic E-state index is 12.8. The van der Waals surface area contributed by atoms with Gasteiger partial charge in [0.2, 0.25) is 5.95 Å². The van der Waals surface area contributed by atoms with Gasteiger partial charge in [-0.2, -0.15) is 4.98 Å². The molecule has 1 aromatic carbocycles. The van der Waals surface area contributed by atoms with Crippen LogP contribution in [0.25, 0.3) is 11.0 Å². The normalized spacial score (nSPS) is 17.6. The zero-order chi connectivity index (χ0) is 20.5. The lowest BCUT2D eigenvalue weighted by Gasteiger charge is -2.29. The van der Waals surface area contributed by atoms with Gasteiger partial charge in [-0.15, -0.1) is 0 Å². The predicted octanol–water partition coefficient (Wildman–Crippen LogP) is 3.37. The van der Waals surface area contributed by atoms with E-state index in [2.05, 4.69) is 44.8 Å². The summed E-state index contributed by atoms with van der Waals surface area (Å²) < 4.78 is 1.88. The van der Waals surface area contributed by atoms with E-state index in [9.17, 15) is 4.79 Å². The SMILES string of the molecule is Cc1cc(=O)n(C2CCCC2)c2nc(Nc3ccc(N4CCNCC4)cc3)ncc12. The van der Waals surface area contributed by atoms with Crippen molar-refractivity contribution in [1.82, 2.24) is 19.9 Å². The third kappa shape index (κ3) is 3.65. The predicted molar refractivity (Wildman–Crippen MR) is 121 cm³/mol. The standard InChI is InChI=1S/C23H28N6O/c1-16-14-21(30)29(19-4-2-3-5-19)22-20(16)15-25-23(27-22)26-17-6-8-18(9-7-17)28-12-10-24-11-13-28/h6-9,14-15,19,24H,2-5,10-13H2,1H3,(H,25,26,27). The van der Waals surface area contributed by atoms with E-state index in [1.54, 1.807) is 6.07 Å². The first-order valence-electron chi connectivity index (χ1n) is 10.9. The van der Waals surface area contributed by atoms with Crippen molar-refractivity contribution in [3.05, 3.63) is 52.4 Å². The minimum atomic E-state index is 0.0388. The molecule has 1 aliphatic heterocycles. The number of benzene rings is 1. The van der Waals surface area contributed by atoms with Crippen molar-refractivity contribution >= 4 is 28.4 Å². The Morgan fingerprint density at radius 2 is 1.83 bits per heavy atom. The van der Waals surface area contributed by atoms with E-state index in [0.717, 1.165) is 61.3 Å². The minimum absolute atomic E-state index is 0.0388. The molecule has 7 heteroatoms. The van der Waals surface area contributed by atoms with Crippen molar-refractivity contribution < 1.29 is 0 Å². The molecule has 2 aromatic heterocycles. The van der Waals surface area contributed by atoms with E-state index >= 15 is 0 Å². The Kier molecular flexibility index (Phi) is 5.12. The Hall–Kier alpha value is -2.93. The van der Waals surface area contributed by atoms with Gasteiger partial charge in [-0.25, -0.2) is 4.98 Å². The average Bonchev–Trinajstić information content (AvgIpc) is 3.29. The quantitative estimate of drug-likeness (QED) is 0.695. The fourth-order valence-corrected chi connectivity index (χ4v) is 4.65. The zero-order valence-electron chi connectivity index (χ0n) is 17.4. The van der Waals surface area contributed by atoms with Crippen LogP contribution in [0.5, 0.6) is 0 Å². The monoisotopic (exact) mass is 404 g/mol. The summed E-state index contributed by atoms with van der Waals surface area (Å²) in [5.74, 6) is 0.522. The van der Waals surface area contributed by atoms with Crippen LogP contribution in [0.15, 0.2) is 41.3 Å². The van der Waals surface area contributed by atoms with E-state index in [1.165, 1.54) is 18.5 Å². The summed E-state index contributed by atoms with van der Waals surface area (Å²) in [6.07, 6.45) is 6.25. The van der Waals surface area contributed by atoms with E-state index < -0.39 is 0 Å². The van der Waals surface area contributed by atoms with Gasteiger partial charge in [0.1, 0.15) is 5.65 Å². The van der Waals surface area contributed by atoms with Crippen LogP contribution in [0.4, 0.5) is 17.3 Å². The molecule has 5 rings (SSSR count). The molecule has 0 spiro atoms. The second kappa shape index (κ2) is 8.07. The molecule has 2 aliphatic rings. The molecule has 30 heavy (non-hydrogen) atoms. The molecular formula is C23H28N6O. The number of anilines is 3.